The van der Waals surface area contributed by atoms with Crippen molar-refractivity contribution < 1.29 is 4.21 Å². The van der Waals surface area contributed by atoms with Crippen molar-refractivity contribution in [3.05, 3.63) is 18.5 Å². The van der Waals surface area contributed by atoms with Crippen LogP contribution in [0.25, 0.3) is 0 Å². The van der Waals surface area contributed by atoms with Crippen LogP contribution in [0.2, 0.25) is 0 Å². The van der Waals surface area contributed by atoms with E-state index in [1.54, 1.807) is 10.9 Å². The Bertz CT molecular complexity index is 290. The van der Waals surface area contributed by atoms with E-state index in [4.69, 9.17) is 5.73 Å². The van der Waals surface area contributed by atoms with Crippen LogP contribution in [0.4, 0.5) is 0 Å². The van der Waals surface area contributed by atoms with Gasteiger partial charge in [0.1, 0.15) is 0 Å². The van der Waals surface area contributed by atoms with E-state index in [1.807, 2.05) is 26.1 Å². The van der Waals surface area contributed by atoms with E-state index in [2.05, 4.69) is 5.10 Å². The van der Waals surface area contributed by atoms with Crippen LogP contribution >= 0.6 is 0 Å². The van der Waals surface area contributed by atoms with Crippen molar-refractivity contribution in [1.29, 1.82) is 0 Å². The fourth-order valence-corrected chi connectivity index (χ4v) is 2.48. The molecule has 14 heavy (non-hydrogen) atoms. The Kier molecular flexibility index (Phi) is 3.83. The minimum atomic E-state index is -0.860. The highest BCUT2D eigenvalue weighted by atomic mass is 32.2. The molecule has 4 nitrogen and oxygen atoms in total. The van der Waals surface area contributed by atoms with Crippen molar-refractivity contribution in [2.24, 2.45) is 5.73 Å². The zero-order valence-electron chi connectivity index (χ0n) is 8.64. The Hall–Kier alpha value is -0.680. The third-order valence-electron chi connectivity index (χ3n) is 1.64. The van der Waals surface area contributed by atoms with E-state index in [9.17, 15) is 4.21 Å². The van der Waals surface area contributed by atoms with Gasteiger partial charge in [0.25, 0.3) is 0 Å². The summed E-state index contributed by atoms with van der Waals surface area (Å²) in [6.07, 6.45) is 3.58. The summed E-state index contributed by atoms with van der Waals surface area (Å²) in [6.45, 7) is 4.47. The summed E-state index contributed by atoms with van der Waals surface area (Å²) in [4.78, 5) is 0. The average molecular weight is 215 g/mol. The van der Waals surface area contributed by atoms with Crippen LogP contribution in [-0.2, 0) is 17.3 Å². The minimum absolute atomic E-state index is 0.352. The highest BCUT2D eigenvalue weighted by Crippen LogP contribution is 2.00. The van der Waals surface area contributed by atoms with Crippen LogP contribution in [-0.4, -0.2) is 31.0 Å². The van der Waals surface area contributed by atoms with Crippen molar-refractivity contribution in [3.8, 4) is 0 Å². The van der Waals surface area contributed by atoms with Gasteiger partial charge in [0, 0.05) is 40.2 Å². The molecule has 0 saturated heterocycles. The molecular formula is C9H17N3OS. The van der Waals surface area contributed by atoms with Crippen LogP contribution < -0.4 is 5.73 Å². The molecule has 1 aromatic heterocycles. The molecule has 0 fully saturated rings. The van der Waals surface area contributed by atoms with Gasteiger partial charge in [-0.15, -0.1) is 0 Å². The summed E-state index contributed by atoms with van der Waals surface area (Å²) >= 11 is 0. The van der Waals surface area contributed by atoms with Gasteiger partial charge in [0.05, 0.1) is 6.54 Å². The first kappa shape index (κ1) is 11.4. The zero-order valence-corrected chi connectivity index (χ0v) is 9.46. The lowest BCUT2D eigenvalue weighted by molar-refractivity contribution is 0.574. The molecule has 0 radical (unpaired) electrons. The molecule has 1 unspecified atom stereocenters. The Balaban J connectivity index is 2.29. The molecule has 2 N–H and O–H groups in total. The fraction of sp³-hybridized carbons (Fsp3) is 0.667. The number of aromatic nitrogens is 2. The number of rotatable bonds is 5. The molecule has 1 heterocycles. The minimum Gasteiger partial charge on any atom is -0.325 e. The quantitative estimate of drug-likeness (QED) is 0.772. The van der Waals surface area contributed by atoms with E-state index in [1.165, 1.54) is 0 Å². The Morgan fingerprint density at radius 2 is 2.29 bits per heavy atom. The summed E-state index contributed by atoms with van der Waals surface area (Å²) in [7, 11) is -0.860. The highest BCUT2D eigenvalue weighted by molar-refractivity contribution is 7.85. The van der Waals surface area contributed by atoms with E-state index < -0.39 is 10.8 Å². The first-order valence-corrected chi connectivity index (χ1v) is 6.07. The Morgan fingerprint density at radius 3 is 2.79 bits per heavy atom. The van der Waals surface area contributed by atoms with Crippen LogP contribution in [0.3, 0.4) is 0 Å². The molecule has 0 spiro atoms. The number of nitrogens with zero attached hydrogens (tertiary/aromatic N) is 2. The predicted octanol–water partition coefficient (Wildman–Crippen LogP) is 0.369. The standard InChI is InChI=1S/C9H17N3OS/c1-9(2,10)8-14(13)7-6-12-5-3-4-11-12/h3-5H,6-8,10H2,1-2H3. The third-order valence-corrected chi connectivity index (χ3v) is 3.34. The predicted molar refractivity (Wildman–Crippen MR) is 58.4 cm³/mol. The van der Waals surface area contributed by atoms with Gasteiger partial charge in [-0.05, 0) is 19.9 Å². The maximum atomic E-state index is 11.5. The van der Waals surface area contributed by atoms with Gasteiger partial charge in [0.15, 0.2) is 0 Å². The number of hydrogen-bond acceptors (Lipinski definition) is 3. The molecule has 0 aromatic carbocycles. The first-order valence-electron chi connectivity index (χ1n) is 4.59. The lowest BCUT2D eigenvalue weighted by Crippen LogP contribution is -2.38. The summed E-state index contributed by atoms with van der Waals surface area (Å²) in [6, 6.07) is 1.86. The second-order valence-electron chi connectivity index (χ2n) is 4.05. The Labute approximate surface area is 86.9 Å². The first-order chi connectivity index (χ1) is 6.47. The second-order valence-corrected chi connectivity index (χ2v) is 5.62. The van der Waals surface area contributed by atoms with E-state index >= 15 is 0 Å². The summed E-state index contributed by atoms with van der Waals surface area (Å²) < 4.78 is 13.3. The smallest absolute Gasteiger partial charge is 0.0524 e. The molecule has 1 atom stereocenters. The molecule has 0 aliphatic rings. The van der Waals surface area contributed by atoms with Crippen LogP contribution in [0.15, 0.2) is 18.5 Å². The second kappa shape index (κ2) is 4.70. The van der Waals surface area contributed by atoms with Crippen molar-refractivity contribution in [2.45, 2.75) is 25.9 Å². The fourth-order valence-electron chi connectivity index (χ4n) is 1.12. The molecule has 0 aliphatic heterocycles. The van der Waals surface area contributed by atoms with E-state index in [0.717, 1.165) is 0 Å². The summed E-state index contributed by atoms with van der Waals surface area (Å²) in [5, 5.41) is 4.04. The average Bonchev–Trinajstić information content (AvgIpc) is 2.49. The van der Waals surface area contributed by atoms with Crippen LogP contribution in [0.5, 0.6) is 0 Å². The lowest BCUT2D eigenvalue weighted by Gasteiger charge is -2.17. The van der Waals surface area contributed by atoms with Crippen LogP contribution in [0, 0.1) is 0 Å². The van der Waals surface area contributed by atoms with Gasteiger partial charge in [-0.1, -0.05) is 0 Å². The van der Waals surface area contributed by atoms with Gasteiger partial charge in [-0.2, -0.15) is 5.10 Å². The molecule has 1 rings (SSSR count). The van der Waals surface area contributed by atoms with Gasteiger partial charge in [-0.3, -0.25) is 8.89 Å². The molecule has 1 aromatic rings. The van der Waals surface area contributed by atoms with Gasteiger partial charge in [0.2, 0.25) is 0 Å². The van der Waals surface area contributed by atoms with Gasteiger partial charge < -0.3 is 5.73 Å². The topological polar surface area (TPSA) is 60.9 Å². The number of nitrogens with two attached hydrogens (primary N) is 1. The normalized spacial score (nSPS) is 14.2. The molecule has 0 amide bonds. The maximum Gasteiger partial charge on any atom is 0.0524 e. The summed E-state index contributed by atoms with van der Waals surface area (Å²) in [5.74, 6) is 1.15. The number of aryl methyl sites for hydroxylation is 1. The number of hydrogen-bond donors (Lipinski definition) is 1. The van der Waals surface area contributed by atoms with Crippen molar-refractivity contribution >= 4 is 10.8 Å². The third kappa shape index (κ3) is 4.53. The van der Waals surface area contributed by atoms with E-state index in [0.29, 0.717) is 18.1 Å². The van der Waals surface area contributed by atoms with Crippen molar-refractivity contribution in [1.82, 2.24) is 9.78 Å². The molecule has 5 heteroatoms. The van der Waals surface area contributed by atoms with Crippen molar-refractivity contribution in [3.63, 3.8) is 0 Å². The monoisotopic (exact) mass is 215 g/mol. The van der Waals surface area contributed by atoms with Crippen molar-refractivity contribution in [2.75, 3.05) is 11.5 Å². The zero-order chi connectivity index (χ0) is 10.6. The highest BCUT2D eigenvalue weighted by Gasteiger charge is 2.14. The molecule has 0 bridgehead atoms. The molecular weight excluding hydrogens is 198 g/mol. The Morgan fingerprint density at radius 1 is 1.57 bits per heavy atom. The van der Waals surface area contributed by atoms with Gasteiger partial charge in [-0.25, -0.2) is 0 Å². The van der Waals surface area contributed by atoms with Gasteiger partial charge >= 0.3 is 0 Å². The molecule has 0 saturated carbocycles. The van der Waals surface area contributed by atoms with E-state index in [-0.39, 0.29) is 5.54 Å². The summed E-state index contributed by atoms with van der Waals surface area (Å²) in [5.41, 5.74) is 5.42. The maximum absolute atomic E-state index is 11.5. The largest absolute Gasteiger partial charge is 0.325 e. The van der Waals surface area contributed by atoms with Crippen LogP contribution in [0.1, 0.15) is 13.8 Å². The lowest BCUT2D eigenvalue weighted by atomic mass is 10.1. The molecule has 0 aliphatic carbocycles. The molecule has 80 valence electrons. The SMILES string of the molecule is CC(C)(N)CS(=O)CCn1cccn1.